The highest BCUT2D eigenvalue weighted by molar-refractivity contribution is 6.24. The van der Waals surface area contributed by atoms with Crippen LogP contribution in [0.3, 0.4) is 0 Å². The molecule has 0 fully saturated rings. The van der Waals surface area contributed by atoms with Gasteiger partial charge in [-0.25, -0.2) is 4.98 Å². The van der Waals surface area contributed by atoms with E-state index in [4.69, 9.17) is 4.98 Å². The maximum absolute atomic E-state index is 5.21. The molecule has 0 saturated carbocycles. The number of pyridine rings is 1. The highest BCUT2D eigenvalue weighted by Gasteiger charge is 2.19. The minimum atomic E-state index is 0.973. The number of hydrogen-bond acceptors (Lipinski definition) is 1. The molecule has 0 aliphatic carbocycles. The Balaban J connectivity index is 1.13. The van der Waals surface area contributed by atoms with Crippen LogP contribution in [-0.2, 0) is 0 Å². The summed E-state index contributed by atoms with van der Waals surface area (Å²) in [5, 5.41) is 11.1. The summed E-state index contributed by atoms with van der Waals surface area (Å²) >= 11 is 0. The van der Waals surface area contributed by atoms with E-state index in [1.54, 1.807) is 0 Å². The molecule has 260 valence electrons. The lowest BCUT2D eigenvalue weighted by atomic mass is 9.83. The Kier molecular flexibility index (Phi) is 7.57. The first kappa shape index (κ1) is 32.1. The monoisotopic (exact) mass is 709 g/mol. The molecule has 0 atom stereocenters. The molecule has 0 N–H and O–H groups in total. The predicted molar refractivity (Wildman–Crippen MR) is 239 cm³/mol. The topological polar surface area (TPSA) is 12.9 Å². The Morgan fingerprint density at radius 2 is 0.750 bits per heavy atom. The van der Waals surface area contributed by atoms with E-state index in [9.17, 15) is 0 Å². The lowest BCUT2D eigenvalue weighted by molar-refractivity contribution is 1.40. The fraction of sp³-hybridized carbons (Fsp3) is 0. The number of aromatic nitrogens is 1. The molecule has 0 unspecified atom stereocenters. The van der Waals surface area contributed by atoms with E-state index in [0.717, 1.165) is 16.8 Å². The molecule has 11 rings (SSSR count). The normalized spacial score (nSPS) is 11.6. The van der Waals surface area contributed by atoms with Crippen molar-refractivity contribution in [1.82, 2.24) is 4.98 Å². The molecule has 0 saturated heterocycles. The third kappa shape index (κ3) is 5.21. The van der Waals surface area contributed by atoms with Crippen LogP contribution in [0.5, 0.6) is 0 Å². The Hall–Kier alpha value is -7.35. The molecule has 10 aromatic carbocycles. The Bertz CT molecular complexity index is 3230. The van der Waals surface area contributed by atoms with E-state index in [-0.39, 0.29) is 0 Å². The molecule has 0 bridgehead atoms. The van der Waals surface area contributed by atoms with Gasteiger partial charge >= 0.3 is 0 Å². The molecule has 0 radical (unpaired) electrons. The fourth-order valence-corrected chi connectivity index (χ4v) is 8.95. The van der Waals surface area contributed by atoms with Crippen LogP contribution in [0.15, 0.2) is 212 Å². The van der Waals surface area contributed by atoms with Gasteiger partial charge in [-0.05, 0) is 106 Å². The van der Waals surface area contributed by atoms with Gasteiger partial charge in [-0.3, -0.25) is 0 Å². The quantitative estimate of drug-likeness (QED) is 0.128. The SMILES string of the molecule is c1ccc(-c2cc(-c3cccc(-c4ccc(-c5c6ccccc6c(-c6ccccc6)c6ccccc56)c5ccccc45)c3)c3c(ccc4ccccc43)n2)cc1. The van der Waals surface area contributed by atoms with E-state index in [1.165, 1.54) is 93.0 Å². The highest BCUT2D eigenvalue weighted by Crippen LogP contribution is 2.47. The smallest absolute Gasteiger partial charge is 0.0722 e. The van der Waals surface area contributed by atoms with Gasteiger partial charge in [0.2, 0.25) is 0 Å². The van der Waals surface area contributed by atoms with Crippen LogP contribution in [0, 0.1) is 0 Å². The Labute approximate surface area is 325 Å². The number of nitrogens with zero attached hydrogens (tertiary/aromatic N) is 1. The Morgan fingerprint density at radius 1 is 0.268 bits per heavy atom. The number of benzene rings is 10. The standard InChI is InChI=1S/C55H35N/c1-3-17-37(18-4-1)52-35-50(55-42-23-8-7-16-36(42)30-33-51(55)56-52)40-22-15-21-39(34-40)41-31-32-49(44-25-10-9-24-43(41)44)54-47-28-13-11-26-45(47)53(38-19-5-2-6-20-38)46-27-12-14-29-48(46)54/h1-35H. The lowest BCUT2D eigenvalue weighted by Crippen LogP contribution is -1.93. The molecule has 1 heterocycles. The minimum absolute atomic E-state index is 0.973. The highest BCUT2D eigenvalue weighted by atomic mass is 14.7. The van der Waals surface area contributed by atoms with Crippen molar-refractivity contribution in [2.75, 3.05) is 0 Å². The molecule has 1 heteroatoms. The summed E-state index contributed by atoms with van der Waals surface area (Å²) in [4.78, 5) is 5.21. The van der Waals surface area contributed by atoms with Crippen LogP contribution in [0.25, 0.3) is 110 Å². The van der Waals surface area contributed by atoms with Gasteiger partial charge in [-0.2, -0.15) is 0 Å². The number of fused-ring (bicyclic) bond motifs is 6. The van der Waals surface area contributed by atoms with Gasteiger partial charge in [0.25, 0.3) is 0 Å². The summed E-state index contributed by atoms with van der Waals surface area (Å²) < 4.78 is 0. The van der Waals surface area contributed by atoms with Crippen LogP contribution in [-0.4, -0.2) is 4.98 Å². The summed E-state index contributed by atoms with van der Waals surface area (Å²) in [7, 11) is 0. The van der Waals surface area contributed by atoms with E-state index < -0.39 is 0 Å². The van der Waals surface area contributed by atoms with Crippen LogP contribution >= 0.6 is 0 Å². The van der Waals surface area contributed by atoms with Gasteiger partial charge in [0.1, 0.15) is 0 Å². The summed E-state index contributed by atoms with van der Waals surface area (Å²) in [6, 6.07) is 77.1. The maximum atomic E-state index is 5.21. The molecule has 56 heavy (non-hydrogen) atoms. The fourth-order valence-electron chi connectivity index (χ4n) is 8.95. The van der Waals surface area contributed by atoms with Gasteiger partial charge in [-0.1, -0.05) is 194 Å². The van der Waals surface area contributed by atoms with Crippen molar-refractivity contribution in [3.05, 3.63) is 212 Å². The largest absolute Gasteiger partial charge is 0.248 e. The summed E-state index contributed by atoms with van der Waals surface area (Å²) in [6.07, 6.45) is 0. The second-order valence-corrected chi connectivity index (χ2v) is 14.6. The van der Waals surface area contributed by atoms with Crippen LogP contribution in [0.2, 0.25) is 0 Å². The molecular weight excluding hydrogens is 675 g/mol. The van der Waals surface area contributed by atoms with Gasteiger partial charge < -0.3 is 0 Å². The zero-order valence-electron chi connectivity index (χ0n) is 30.7. The van der Waals surface area contributed by atoms with Crippen molar-refractivity contribution >= 4 is 54.0 Å². The van der Waals surface area contributed by atoms with Crippen molar-refractivity contribution < 1.29 is 0 Å². The zero-order chi connectivity index (χ0) is 37.0. The van der Waals surface area contributed by atoms with Crippen molar-refractivity contribution in [1.29, 1.82) is 0 Å². The number of rotatable bonds is 5. The van der Waals surface area contributed by atoms with E-state index in [2.05, 4.69) is 212 Å². The third-order valence-electron chi connectivity index (χ3n) is 11.4. The molecule has 0 spiro atoms. The first-order valence-corrected chi connectivity index (χ1v) is 19.3. The van der Waals surface area contributed by atoms with Crippen LogP contribution in [0.4, 0.5) is 0 Å². The molecular formula is C55H35N. The lowest BCUT2D eigenvalue weighted by Gasteiger charge is -2.20. The molecule has 0 amide bonds. The number of hydrogen-bond donors (Lipinski definition) is 0. The van der Waals surface area contributed by atoms with Gasteiger partial charge in [0, 0.05) is 10.9 Å². The summed E-state index contributed by atoms with van der Waals surface area (Å²) in [6.45, 7) is 0. The van der Waals surface area contributed by atoms with Gasteiger partial charge in [0.15, 0.2) is 0 Å². The second kappa shape index (κ2) is 13.2. The van der Waals surface area contributed by atoms with Crippen molar-refractivity contribution in [2.45, 2.75) is 0 Å². The summed E-state index contributed by atoms with van der Waals surface area (Å²) in [5.74, 6) is 0. The average Bonchev–Trinajstić information content (AvgIpc) is 3.28. The van der Waals surface area contributed by atoms with Crippen LogP contribution in [0.1, 0.15) is 0 Å². The minimum Gasteiger partial charge on any atom is -0.248 e. The molecule has 0 aliphatic heterocycles. The summed E-state index contributed by atoms with van der Waals surface area (Å²) in [5.41, 5.74) is 12.9. The van der Waals surface area contributed by atoms with Crippen molar-refractivity contribution in [2.24, 2.45) is 0 Å². The van der Waals surface area contributed by atoms with E-state index in [1.807, 2.05) is 0 Å². The van der Waals surface area contributed by atoms with Crippen LogP contribution < -0.4 is 0 Å². The van der Waals surface area contributed by atoms with Gasteiger partial charge in [0.05, 0.1) is 11.2 Å². The van der Waals surface area contributed by atoms with Crippen molar-refractivity contribution in [3.8, 4) is 55.8 Å². The molecule has 11 aromatic rings. The molecule has 1 nitrogen and oxygen atoms in total. The molecule has 1 aromatic heterocycles. The van der Waals surface area contributed by atoms with E-state index in [0.29, 0.717) is 0 Å². The van der Waals surface area contributed by atoms with Crippen molar-refractivity contribution in [3.63, 3.8) is 0 Å². The maximum Gasteiger partial charge on any atom is 0.0722 e. The predicted octanol–water partition coefficient (Wildman–Crippen LogP) is 15.2. The zero-order valence-corrected chi connectivity index (χ0v) is 30.7. The second-order valence-electron chi connectivity index (χ2n) is 14.6. The Morgan fingerprint density at radius 3 is 1.41 bits per heavy atom. The first-order valence-electron chi connectivity index (χ1n) is 19.3. The van der Waals surface area contributed by atoms with Gasteiger partial charge in [-0.15, -0.1) is 0 Å². The molecule has 0 aliphatic rings. The average molecular weight is 710 g/mol. The van der Waals surface area contributed by atoms with E-state index >= 15 is 0 Å². The third-order valence-corrected chi connectivity index (χ3v) is 11.4. The first-order chi connectivity index (χ1) is 27.8.